The third-order valence-electron chi connectivity index (χ3n) is 5.32. The average Bonchev–Trinajstić information content (AvgIpc) is 3.49. The van der Waals surface area contributed by atoms with E-state index >= 15 is 0 Å². The van der Waals surface area contributed by atoms with Gasteiger partial charge in [0.1, 0.15) is 18.1 Å². The van der Waals surface area contributed by atoms with Gasteiger partial charge in [0.25, 0.3) is 0 Å². The summed E-state index contributed by atoms with van der Waals surface area (Å²) in [5.74, 6) is -5.23. The SMILES string of the molecule is NC(=O)CCC(NC(=O)C1CCCN1)C(=O)NC(Cc1cnc[nH]1)C(=O)NC(CC(N)=O)C(=O)O. The summed E-state index contributed by atoms with van der Waals surface area (Å²) in [6, 6.07) is -4.60. The van der Waals surface area contributed by atoms with Gasteiger partial charge in [-0.1, -0.05) is 0 Å². The van der Waals surface area contributed by atoms with Gasteiger partial charge in [-0.2, -0.15) is 0 Å². The van der Waals surface area contributed by atoms with Crippen LogP contribution in [-0.4, -0.2) is 81.3 Å². The van der Waals surface area contributed by atoms with E-state index in [9.17, 15) is 33.9 Å². The lowest BCUT2D eigenvalue weighted by atomic mass is 10.1. The standard InChI is InChI=1S/C20H30N8O7/c21-15(29)4-3-12(26-17(31)11-2-1-5-24-11)18(32)27-13(6-10-8-23-9-25-10)19(33)28-14(20(34)35)7-16(22)30/h8-9,11-14,24H,1-7H2,(H2,21,29)(H2,22,30)(H,23,25)(H,26,31)(H,27,32)(H,28,33)(H,34,35). The maximum Gasteiger partial charge on any atom is 0.326 e. The largest absolute Gasteiger partial charge is 0.480 e. The predicted molar refractivity (Wildman–Crippen MR) is 119 cm³/mol. The number of carboxylic acids is 1. The number of aliphatic carboxylic acids is 1. The molecule has 1 aromatic rings. The lowest BCUT2D eigenvalue weighted by Gasteiger charge is -2.24. The van der Waals surface area contributed by atoms with Crippen LogP contribution in [0.15, 0.2) is 12.5 Å². The van der Waals surface area contributed by atoms with Gasteiger partial charge >= 0.3 is 5.97 Å². The number of aromatic amines is 1. The van der Waals surface area contributed by atoms with Gasteiger partial charge in [0.05, 0.1) is 18.8 Å². The zero-order chi connectivity index (χ0) is 26.0. The Morgan fingerprint density at radius 1 is 1.03 bits per heavy atom. The van der Waals surface area contributed by atoms with Crippen molar-refractivity contribution in [1.29, 1.82) is 0 Å². The molecule has 1 aliphatic heterocycles. The molecule has 4 unspecified atom stereocenters. The summed E-state index contributed by atoms with van der Waals surface area (Å²) in [6.45, 7) is 0.651. The maximum atomic E-state index is 13.1. The molecule has 15 heteroatoms. The fourth-order valence-electron chi connectivity index (χ4n) is 3.51. The van der Waals surface area contributed by atoms with Gasteiger partial charge in [-0.05, 0) is 25.8 Å². The van der Waals surface area contributed by atoms with E-state index in [2.05, 4.69) is 31.2 Å². The Bertz CT molecular complexity index is 930. The number of carboxylic acid groups (broad SMARTS) is 1. The van der Waals surface area contributed by atoms with Gasteiger partial charge in [-0.3, -0.25) is 24.0 Å². The number of rotatable bonds is 14. The number of nitrogens with two attached hydrogens (primary N) is 2. The number of hydrogen-bond acceptors (Lipinski definition) is 8. The van der Waals surface area contributed by atoms with Crippen LogP contribution in [0.25, 0.3) is 0 Å². The van der Waals surface area contributed by atoms with Gasteiger partial charge < -0.3 is 42.8 Å². The Kier molecular flexibility index (Phi) is 10.1. The molecular weight excluding hydrogens is 464 g/mol. The fraction of sp³-hybridized carbons (Fsp3) is 0.550. The number of nitrogens with one attached hydrogen (secondary N) is 5. The van der Waals surface area contributed by atoms with Gasteiger partial charge in [0, 0.05) is 24.7 Å². The number of amides is 5. The van der Waals surface area contributed by atoms with E-state index < -0.39 is 66.1 Å². The van der Waals surface area contributed by atoms with Crippen molar-refractivity contribution >= 4 is 35.5 Å². The van der Waals surface area contributed by atoms with Crippen LogP contribution in [0.2, 0.25) is 0 Å². The average molecular weight is 495 g/mol. The molecule has 1 saturated heterocycles. The van der Waals surface area contributed by atoms with Crippen molar-refractivity contribution in [2.45, 2.75) is 62.7 Å². The monoisotopic (exact) mass is 494 g/mol. The van der Waals surface area contributed by atoms with E-state index in [0.29, 0.717) is 18.7 Å². The summed E-state index contributed by atoms with van der Waals surface area (Å²) in [5.41, 5.74) is 10.7. The smallest absolute Gasteiger partial charge is 0.326 e. The molecule has 10 N–H and O–H groups in total. The summed E-state index contributed by atoms with van der Waals surface area (Å²) in [4.78, 5) is 78.9. The van der Waals surface area contributed by atoms with Gasteiger partial charge in [-0.15, -0.1) is 0 Å². The van der Waals surface area contributed by atoms with Crippen molar-refractivity contribution < 1.29 is 33.9 Å². The minimum atomic E-state index is -1.61. The molecule has 35 heavy (non-hydrogen) atoms. The van der Waals surface area contributed by atoms with Crippen LogP contribution in [0, 0.1) is 0 Å². The summed E-state index contributed by atoms with van der Waals surface area (Å²) in [6.07, 6.45) is 3.05. The topological polar surface area (TPSA) is 251 Å². The van der Waals surface area contributed by atoms with Crippen LogP contribution in [0.5, 0.6) is 0 Å². The van der Waals surface area contributed by atoms with E-state index in [1.807, 2.05) is 0 Å². The summed E-state index contributed by atoms with van der Waals surface area (Å²) >= 11 is 0. The van der Waals surface area contributed by atoms with Crippen LogP contribution >= 0.6 is 0 Å². The number of carbonyl (C=O) groups is 6. The number of primary amides is 2. The fourth-order valence-corrected chi connectivity index (χ4v) is 3.51. The minimum Gasteiger partial charge on any atom is -0.480 e. The molecular formula is C20H30N8O7. The molecule has 2 rings (SSSR count). The van der Waals surface area contributed by atoms with Crippen molar-refractivity contribution in [3.8, 4) is 0 Å². The number of H-pyrrole nitrogens is 1. The molecule has 0 bridgehead atoms. The summed E-state index contributed by atoms with van der Waals surface area (Å²) in [5, 5.41) is 19.5. The Balaban J connectivity index is 2.17. The second-order valence-corrected chi connectivity index (χ2v) is 8.13. The number of hydrogen-bond donors (Lipinski definition) is 8. The Hall–Kier alpha value is -4.01. The first-order valence-electron chi connectivity index (χ1n) is 11.0. The molecule has 1 aromatic heterocycles. The highest BCUT2D eigenvalue weighted by Gasteiger charge is 2.32. The number of imidazole rings is 1. The maximum absolute atomic E-state index is 13.1. The highest BCUT2D eigenvalue weighted by molar-refractivity contribution is 5.95. The lowest BCUT2D eigenvalue weighted by molar-refractivity contribution is -0.143. The molecule has 0 saturated carbocycles. The molecule has 1 aliphatic rings. The van der Waals surface area contributed by atoms with Crippen LogP contribution in [0.1, 0.15) is 37.8 Å². The van der Waals surface area contributed by atoms with Crippen molar-refractivity contribution in [2.75, 3.05) is 6.54 Å². The first-order chi connectivity index (χ1) is 16.6. The van der Waals surface area contributed by atoms with Gasteiger partial charge in [-0.25, -0.2) is 9.78 Å². The van der Waals surface area contributed by atoms with Crippen LogP contribution < -0.4 is 32.7 Å². The quantitative estimate of drug-likeness (QED) is 0.127. The van der Waals surface area contributed by atoms with E-state index in [1.165, 1.54) is 12.5 Å². The number of carbonyl (C=O) groups excluding carboxylic acids is 5. The molecule has 1 fully saturated rings. The summed E-state index contributed by atoms with van der Waals surface area (Å²) < 4.78 is 0. The van der Waals surface area contributed by atoms with E-state index in [4.69, 9.17) is 11.5 Å². The predicted octanol–water partition coefficient (Wildman–Crippen LogP) is -3.62. The molecule has 15 nitrogen and oxygen atoms in total. The van der Waals surface area contributed by atoms with Crippen LogP contribution in [0.3, 0.4) is 0 Å². The van der Waals surface area contributed by atoms with Crippen LogP contribution in [0.4, 0.5) is 0 Å². The highest BCUT2D eigenvalue weighted by Crippen LogP contribution is 2.08. The Morgan fingerprint density at radius 3 is 2.26 bits per heavy atom. The third-order valence-corrected chi connectivity index (χ3v) is 5.32. The molecule has 0 aliphatic carbocycles. The minimum absolute atomic E-state index is 0.110. The number of aromatic nitrogens is 2. The van der Waals surface area contributed by atoms with Crippen molar-refractivity contribution in [3.63, 3.8) is 0 Å². The molecule has 0 aromatic carbocycles. The van der Waals surface area contributed by atoms with E-state index in [1.54, 1.807) is 0 Å². The molecule has 5 amide bonds. The van der Waals surface area contributed by atoms with Crippen molar-refractivity contribution in [2.24, 2.45) is 11.5 Å². The zero-order valence-corrected chi connectivity index (χ0v) is 18.9. The van der Waals surface area contributed by atoms with Gasteiger partial charge in [0.2, 0.25) is 29.5 Å². The van der Waals surface area contributed by atoms with Gasteiger partial charge in [0.15, 0.2) is 0 Å². The molecule has 4 atom stereocenters. The number of nitrogens with zero attached hydrogens (tertiary/aromatic N) is 1. The van der Waals surface area contributed by atoms with E-state index in [0.717, 1.165) is 6.42 Å². The highest BCUT2D eigenvalue weighted by atomic mass is 16.4. The first kappa shape index (κ1) is 27.2. The second kappa shape index (κ2) is 13.0. The Labute approximate surface area is 200 Å². The molecule has 192 valence electrons. The third kappa shape index (κ3) is 9.04. The molecule has 0 spiro atoms. The Morgan fingerprint density at radius 2 is 1.71 bits per heavy atom. The summed E-state index contributed by atoms with van der Waals surface area (Å²) in [7, 11) is 0. The van der Waals surface area contributed by atoms with Crippen molar-refractivity contribution in [3.05, 3.63) is 18.2 Å². The molecule has 2 heterocycles. The van der Waals surface area contributed by atoms with E-state index in [-0.39, 0.29) is 19.3 Å². The lowest BCUT2D eigenvalue weighted by Crippen LogP contribution is -2.58. The molecule has 0 radical (unpaired) electrons. The zero-order valence-electron chi connectivity index (χ0n) is 18.9. The normalized spacial score (nSPS) is 17.5. The van der Waals surface area contributed by atoms with Crippen LogP contribution in [-0.2, 0) is 35.2 Å². The van der Waals surface area contributed by atoms with Crippen molar-refractivity contribution in [1.82, 2.24) is 31.2 Å². The first-order valence-corrected chi connectivity index (χ1v) is 11.0. The second-order valence-electron chi connectivity index (χ2n) is 8.13.